The van der Waals surface area contributed by atoms with Gasteiger partial charge in [-0.15, -0.1) is 0 Å². The maximum atomic E-state index is 11.6. The smallest absolute Gasteiger partial charge is 0.361 e. The van der Waals surface area contributed by atoms with Gasteiger partial charge in [-0.05, 0) is 13.8 Å². The molecule has 0 aliphatic heterocycles. The number of nitrogens with one attached hydrogen (secondary N) is 1. The third kappa shape index (κ3) is 1.56. The monoisotopic (exact) mass is 223 g/mol. The number of H-pyrrole nitrogens is 1. The number of hydrogen-bond donors (Lipinski definition) is 1. The zero-order chi connectivity index (χ0) is 11.7. The number of aryl methyl sites for hydroxylation is 1. The van der Waals surface area contributed by atoms with Crippen LogP contribution in [-0.2, 0) is 4.74 Å². The predicted octanol–water partition coefficient (Wildman–Crippen LogP) is 0.396. The van der Waals surface area contributed by atoms with Crippen LogP contribution in [-0.4, -0.2) is 27.7 Å². The van der Waals surface area contributed by atoms with E-state index >= 15 is 0 Å². The van der Waals surface area contributed by atoms with Crippen LogP contribution in [0.25, 0.3) is 11.1 Å². The van der Waals surface area contributed by atoms with Crippen LogP contribution >= 0.6 is 0 Å². The lowest BCUT2D eigenvalue weighted by molar-refractivity contribution is 0.0517. The minimum absolute atomic E-state index is 0.0176. The lowest BCUT2D eigenvalue weighted by Crippen LogP contribution is -2.13. The fraction of sp³-hybridized carbons (Fsp3) is 0.333. The van der Waals surface area contributed by atoms with Crippen molar-refractivity contribution < 1.29 is 14.1 Å². The molecule has 0 aromatic carbocycles. The van der Waals surface area contributed by atoms with Crippen LogP contribution in [0.3, 0.4) is 0 Å². The highest BCUT2D eigenvalue weighted by Crippen LogP contribution is 2.12. The lowest BCUT2D eigenvalue weighted by Gasteiger charge is -1.96. The number of aromatic nitrogens is 3. The van der Waals surface area contributed by atoms with E-state index in [2.05, 4.69) is 15.1 Å². The zero-order valence-electron chi connectivity index (χ0n) is 8.73. The molecule has 2 heterocycles. The van der Waals surface area contributed by atoms with Crippen molar-refractivity contribution in [3.63, 3.8) is 0 Å². The van der Waals surface area contributed by atoms with E-state index in [4.69, 9.17) is 9.26 Å². The van der Waals surface area contributed by atoms with Gasteiger partial charge in [0.1, 0.15) is 11.2 Å². The van der Waals surface area contributed by atoms with Crippen LogP contribution in [0, 0.1) is 6.92 Å². The van der Waals surface area contributed by atoms with Gasteiger partial charge in [0.05, 0.1) is 6.61 Å². The van der Waals surface area contributed by atoms with Gasteiger partial charge >= 0.3 is 5.97 Å². The van der Waals surface area contributed by atoms with Crippen molar-refractivity contribution in [3.05, 3.63) is 21.9 Å². The summed E-state index contributed by atoms with van der Waals surface area (Å²) in [6.45, 7) is 3.46. The molecule has 0 amide bonds. The summed E-state index contributed by atoms with van der Waals surface area (Å²) in [6, 6.07) is 0. The van der Waals surface area contributed by atoms with Crippen LogP contribution < -0.4 is 5.56 Å². The molecule has 0 spiro atoms. The number of esters is 1. The molecular weight excluding hydrogens is 214 g/mol. The van der Waals surface area contributed by atoms with E-state index in [1.54, 1.807) is 13.8 Å². The maximum Gasteiger partial charge on any atom is 0.361 e. The molecule has 7 heteroatoms. The first-order valence-electron chi connectivity index (χ1n) is 4.67. The van der Waals surface area contributed by atoms with Gasteiger partial charge in [-0.1, -0.05) is 5.16 Å². The number of nitrogens with zero attached hydrogens (tertiary/aromatic N) is 2. The molecule has 0 saturated carbocycles. The highest BCUT2D eigenvalue weighted by molar-refractivity contribution is 5.99. The molecule has 16 heavy (non-hydrogen) atoms. The quantitative estimate of drug-likeness (QED) is 0.740. The average Bonchev–Trinajstić information content (AvgIpc) is 2.61. The molecule has 0 bridgehead atoms. The second-order valence-corrected chi connectivity index (χ2v) is 3.08. The normalized spacial score (nSPS) is 10.6. The molecule has 2 aromatic heterocycles. The second-order valence-electron chi connectivity index (χ2n) is 3.08. The van der Waals surface area contributed by atoms with Crippen LogP contribution in [0.1, 0.15) is 23.2 Å². The molecule has 0 saturated heterocycles. The summed E-state index contributed by atoms with van der Waals surface area (Å²) in [5.74, 6) is -0.304. The standard InChI is InChI=1S/C9H9N3O4/c1-3-15-9(14)6-5-7(13)10-4(2)11-8(5)16-12-6/h3H2,1-2H3,(H,10,11,13). The van der Waals surface area contributed by atoms with Crippen molar-refractivity contribution in [2.45, 2.75) is 13.8 Å². The summed E-state index contributed by atoms with van der Waals surface area (Å²) in [7, 11) is 0. The third-order valence-corrected chi connectivity index (χ3v) is 1.93. The van der Waals surface area contributed by atoms with Crippen LogP contribution in [0.15, 0.2) is 9.32 Å². The predicted molar refractivity (Wildman–Crippen MR) is 53.1 cm³/mol. The number of hydrogen-bond acceptors (Lipinski definition) is 6. The van der Waals surface area contributed by atoms with Gasteiger partial charge in [0.2, 0.25) is 5.69 Å². The molecule has 1 N–H and O–H groups in total. The summed E-state index contributed by atoms with van der Waals surface area (Å²) in [5, 5.41) is 3.50. The molecule has 0 aliphatic carbocycles. The number of aromatic amines is 1. The summed E-state index contributed by atoms with van der Waals surface area (Å²) >= 11 is 0. The van der Waals surface area contributed by atoms with Crippen molar-refractivity contribution in [3.8, 4) is 0 Å². The first-order valence-corrected chi connectivity index (χ1v) is 4.67. The molecule has 7 nitrogen and oxygen atoms in total. The van der Waals surface area contributed by atoms with Crippen LogP contribution in [0.4, 0.5) is 0 Å². The van der Waals surface area contributed by atoms with Crippen molar-refractivity contribution >= 4 is 17.1 Å². The van der Waals surface area contributed by atoms with E-state index < -0.39 is 11.5 Å². The van der Waals surface area contributed by atoms with Gasteiger partial charge < -0.3 is 14.2 Å². The Bertz CT molecular complexity index is 598. The Morgan fingerprint density at radius 1 is 1.56 bits per heavy atom. The minimum Gasteiger partial charge on any atom is -0.461 e. The summed E-state index contributed by atoms with van der Waals surface area (Å²) in [6.07, 6.45) is 0. The molecule has 0 aliphatic rings. The van der Waals surface area contributed by atoms with Crippen LogP contribution in [0.5, 0.6) is 0 Å². The maximum absolute atomic E-state index is 11.6. The molecule has 0 radical (unpaired) electrons. The molecule has 2 aromatic rings. The number of ether oxygens (including phenoxy) is 1. The SMILES string of the molecule is CCOC(=O)c1noc2nc(C)[nH]c(=O)c12. The molecular formula is C9H9N3O4. The Morgan fingerprint density at radius 2 is 2.31 bits per heavy atom. The Balaban J connectivity index is 2.65. The van der Waals surface area contributed by atoms with E-state index in [0.717, 1.165) is 0 Å². The number of carbonyl (C=O) groups excluding carboxylic acids is 1. The van der Waals surface area contributed by atoms with E-state index in [-0.39, 0.29) is 23.4 Å². The van der Waals surface area contributed by atoms with Crippen molar-refractivity contribution in [1.82, 2.24) is 15.1 Å². The molecule has 0 fully saturated rings. The molecule has 84 valence electrons. The fourth-order valence-electron chi connectivity index (χ4n) is 1.31. The van der Waals surface area contributed by atoms with Gasteiger partial charge in [-0.25, -0.2) is 4.79 Å². The van der Waals surface area contributed by atoms with E-state index in [1.165, 1.54) is 0 Å². The highest BCUT2D eigenvalue weighted by atomic mass is 16.5. The summed E-state index contributed by atoms with van der Waals surface area (Å²) < 4.78 is 9.53. The highest BCUT2D eigenvalue weighted by Gasteiger charge is 2.21. The Kier molecular flexibility index (Phi) is 2.43. The first-order chi connectivity index (χ1) is 7.63. The van der Waals surface area contributed by atoms with Gasteiger partial charge in [-0.2, -0.15) is 4.98 Å². The van der Waals surface area contributed by atoms with Gasteiger partial charge in [0.15, 0.2) is 0 Å². The largest absolute Gasteiger partial charge is 0.461 e. The van der Waals surface area contributed by atoms with E-state index in [9.17, 15) is 9.59 Å². The lowest BCUT2D eigenvalue weighted by atomic mass is 10.3. The number of fused-ring (bicyclic) bond motifs is 1. The first kappa shape index (κ1) is 10.3. The topological polar surface area (TPSA) is 98.1 Å². The fourth-order valence-corrected chi connectivity index (χ4v) is 1.31. The Morgan fingerprint density at radius 3 is 3.00 bits per heavy atom. The zero-order valence-corrected chi connectivity index (χ0v) is 8.73. The second kappa shape index (κ2) is 3.76. The molecule has 0 atom stereocenters. The minimum atomic E-state index is -0.697. The summed E-state index contributed by atoms with van der Waals surface area (Å²) in [5.41, 5.74) is -0.582. The Hall–Kier alpha value is -2.18. The van der Waals surface area contributed by atoms with E-state index in [1.807, 2.05) is 0 Å². The average molecular weight is 223 g/mol. The number of carbonyl (C=O) groups is 1. The third-order valence-electron chi connectivity index (χ3n) is 1.93. The van der Waals surface area contributed by atoms with E-state index in [0.29, 0.717) is 5.82 Å². The Labute approximate surface area is 89.4 Å². The van der Waals surface area contributed by atoms with Crippen molar-refractivity contribution in [1.29, 1.82) is 0 Å². The van der Waals surface area contributed by atoms with Crippen molar-refractivity contribution in [2.75, 3.05) is 6.61 Å². The van der Waals surface area contributed by atoms with Gasteiger partial charge in [-0.3, -0.25) is 4.79 Å². The molecule has 0 unspecified atom stereocenters. The molecule has 2 rings (SSSR count). The number of rotatable bonds is 2. The summed E-state index contributed by atoms with van der Waals surface area (Å²) in [4.78, 5) is 29.4. The van der Waals surface area contributed by atoms with Gasteiger partial charge in [0, 0.05) is 0 Å². The van der Waals surface area contributed by atoms with Gasteiger partial charge in [0.25, 0.3) is 11.3 Å². The van der Waals surface area contributed by atoms with Crippen LogP contribution in [0.2, 0.25) is 0 Å². The van der Waals surface area contributed by atoms with Crippen molar-refractivity contribution in [2.24, 2.45) is 0 Å².